The van der Waals surface area contributed by atoms with Crippen molar-refractivity contribution in [2.24, 2.45) is 5.92 Å². The van der Waals surface area contributed by atoms with Crippen LogP contribution in [0.5, 0.6) is 11.5 Å². The number of ketones is 1. The number of benzene rings is 1. The molecule has 0 radical (unpaired) electrons. The molecule has 0 saturated carbocycles. The highest BCUT2D eigenvalue weighted by molar-refractivity contribution is 6.14. The maximum Gasteiger partial charge on any atom is 0.232 e. The van der Waals surface area contributed by atoms with Crippen LogP contribution in [0, 0.1) is 12.8 Å². The lowest BCUT2D eigenvalue weighted by molar-refractivity contribution is -0.919. The largest absolute Gasteiger partial charge is 0.507 e. The molecule has 4 rings (SSSR count). The third kappa shape index (κ3) is 3.15. The standard InChI is InChI=1S/C21H23NO4/c1-13-7-9-22(10-8-13)12-17-18(23)6-5-16-20(24)19(26-21(16)17)11-15-4-3-14(2)25-15/h3-6,11,13,23H,7-10,12H2,1-2H3/p+1/b19-11-. The van der Waals surface area contributed by atoms with Crippen molar-refractivity contribution in [3.05, 3.63) is 52.7 Å². The van der Waals surface area contributed by atoms with Gasteiger partial charge in [0.2, 0.25) is 5.78 Å². The van der Waals surface area contributed by atoms with Gasteiger partial charge in [-0.25, -0.2) is 0 Å². The molecule has 5 nitrogen and oxygen atoms in total. The lowest BCUT2D eigenvalue weighted by atomic mass is 9.98. The summed E-state index contributed by atoms with van der Waals surface area (Å²) in [5.41, 5.74) is 1.23. The van der Waals surface area contributed by atoms with Crippen molar-refractivity contribution in [2.75, 3.05) is 13.1 Å². The highest BCUT2D eigenvalue weighted by Gasteiger charge is 2.33. The van der Waals surface area contributed by atoms with Crippen LogP contribution in [0.15, 0.2) is 34.4 Å². The maximum absolute atomic E-state index is 12.7. The molecule has 0 bridgehead atoms. The minimum atomic E-state index is -0.169. The van der Waals surface area contributed by atoms with E-state index in [1.165, 1.54) is 17.7 Å². The maximum atomic E-state index is 12.7. The Morgan fingerprint density at radius 1 is 1.23 bits per heavy atom. The molecule has 2 aromatic rings. The lowest BCUT2D eigenvalue weighted by Gasteiger charge is -2.27. The van der Waals surface area contributed by atoms with Gasteiger partial charge < -0.3 is 19.2 Å². The Hall–Kier alpha value is -2.53. The van der Waals surface area contributed by atoms with Gasteiger partial charge in [0, 0.05) is 6.08 Å². The molecule has 2 N–H and O–H groups in total. The summed E-state index contributed by atoms with van der Waals surface area (Å²) in [4.78, 5) is 14.1. The monoisotopic (exact) mass is 354 g/mol. The smallest absolute Gasteiger partial charge is 0.232 e. The van der Waals surface area contributed by atoms with Crippen molar-refractivity contribution >= 4 is 11.9 Å². The van der Waals surface area contributed by atoms with Crippen molar-refractivity contribution in [1.29, 1.82) is 0 Å². The van der Waals surface area contributed by atoms with E-state index >= 15 is 0 Å². The SMILES string of the molecule is Cc1ccc(/C=C2\Oc3c(ccc(O)c3C[NH+]3CCC(C)CC3)C2=O)o1. The lowest BCUT2D eigenvalue weighted by Crippen LogP contribution is -3.11. The van der Waals surface area contributed by atoms with Crippen LogP contribution in [0.1, 0.15) is 47.2 Å². The van der Waals surface area contributed by atoms with E-state index < -0.39 is 0 Å². The first-order valence-corrected chi connectivity index (χ1v) is 9.20. The first-order valence-electron chi connectivity index (χ1n) is 9.20. The zero-order chi connectivity index (χ0) is 18.3. The molecule has 26 heavy (non-hydrogen) atoms. The number of likely N-dealkylation sites (tertiary alicyclic amines) is 1. The molecule has 0 atom stereocenters. The van der Waals surface area contributed by atoms with E-state index in [2.05, 4.69) is 6.92 Å². The molecule has 2 aliphatic heterocycles. The van der Waals surface area contributed by atoms with Crippen molar-refractivity contribution in [1.82, 2.24) is 0 Å². The summed E-state index contributed by atoms with van der Waals surface area (Å²) >= 11 is 0. The molecule has 0 unspecified atom stereocenters. The highest BCUT2D eigenvalue weighted by atomic mass is 16.5. The number of hydrogen-bond donors (Lipinski definition) is 2. The van der Waals surface area contributed by atoms with E-state index in [4.69, 9.17) is 9.15 Å². The number of aryl methyl sites for hydroxylation is 1. The predicted octanol–water partition coefficient (Wildman–Crippen LogP) is 2.72. The molecule has 0 aliphatic carbocycles. The van der Waals surface area contributed by atoms with Crippen LogP contribution in [-0.2, 0) is 6.54 Å². The average molecular weight is 354 g/mol. The minimum Gasteiger partial charge on any atom is -0.507 e. The summed E-state index contributed by atoms with van der Waals surface area (Å²) in [6, 6.07) is 6.88. The Morgan fingerprint density at radius 2 is 2.00 bits per heavy atom. The number of carbonyl (C=O) groups excluding carboxylic acids is 1. The van der Waals surface area contributed by atoms with Gasteiger partial charge in [0.05, 0.1) is 24.2 Å². The van der Waals surface area contributed by atoms with E-state index in [-0.39, 0.29) is 17.3 Å². The Bertz CT molecular complexity index is 872. The van der Waals surface area contributed by atoms with Gasteiger partial charge in [0.1, 0.15) is 23.8 Å². The molecule has 136 valence electrons. The van der Waals surface area contributed by atoms with Crippen molar-refractivity contribution in [3.63, 3.8) is 0 Å². The number of phenols is 1. The molecule has 1 aromatic heterocycles. The van der Waals surface area contributed by atoms with Gasteiger partial charge in [0.15, 0.2) is 11.5 Å². The number of Topliss-reactive ketones (excluding diaryl/α,β-unsaturated/α-hetero) is 1. The molecule has 5 heteroatoms. The second-order valence-electron chi connectivity index (χ2n) is 7.44. The zero-order valence-corrected chi connectivity index (χ0v) is 15.2. The Balaban J connectivity index is 1.62. The van der Waals surface area contributed by atoms with Gasteiger partial charge in [-0.1, -0.05) is 6.92 Å². The molecular weight excluding hydrogens is 330 g/mol. The zero-order valence-electron chi connectivity index (χ0n) is 15.2. The summed E-state index contributed by atoms with van der Waals surface area (Å²) < 4.78 is 11.4. The van der Waals surface area contributed by atoms with E-state index in [1.807, 2.05) is 13.0 Å². The molecule has 1 aromatic carbocycles. The van der Waals surface area contributed by atoms with Gasteiger partial charge in [-0.3, -0.25) is 4.79 Å². The van der Waals surface area contributed by atoms with Gasteiger partial charge in [-0.2, -0.15) is 0 Å². The van der Waals surface area contributed by atoms with Crippen molar-refractivity contribution < 1.29 is 24.0 Å². The van der Waals surface area contributed by atoms with Crippen molar-refractivity contribution in [2.45, 2.75) is 33.2 Å². The normalized spacial score (nSPS) is 23.9. The third-order valence-electron chi connectivity index (χ3n) is 5.36. The number of fused-ring (bicyclic) bond motifs is 1. The van der Waals surface area contributed by atoms with Gasteiger partial charge in [-0.15, -0.1) is 0 Å². The van der Waals surface area contributed by atoms with E-state index in [0.29, 0.717) is 23.6 Å². The van der Waals surface area contributed by atoms with Gasteiger partial charge in [-0.05, 0) is 49.9 Å². The van der Waals surface area contributed by atoms with Crippen LogP contribution in [-0.4, -0.2) is 24.0 Å². The van der Waals surface area contributed by atoms with Crippen LogP contribution in [0.3, 0.4) is 0 Å². The minimum absolute atomic E-state index is 0.169. The number of nitrogens with one attached hydrogen (secondary N) is 1. The second-order valence-corrected chi connectivity index (χ2v) is 7.44. The van der Waals surface area contributed by atoms with Gasteiger partial charge >= 0.3 is 0 Å². The summed E-state index contributed by atoms with van der Waals surface area (Å²) in [5, 5.41) is 10.4. The molecule has 2 aliphatic rings. The molecular formula is C21H24NO4+. The number of ether oxygens (including phenoxy) is 1. The van der Waals surface area contributed by atoms with E-state index in [1.54, 1.807) is 24.3 Å². The van der Waals surface area contributed by atoms with Crippen LogP contribution < -0.4 is 9.64 Å². The van der Waals surface area contributed by atoms with Crippen LogP contribution in [0.25, 0.3) is 6.08 Å². The molecule has 3 heterocycles. The number of phenolic OH excluding ortho intramolecular Hbond substituents is 1. The van der Waals surface area contributed by atoms with E-state index in [0.717, 1.165) is 30.3 Å². The number of furan rings is 1. The number of quaternary nitrogens is 1. The first-order chi connectivity index (χ1) is 12.5. The third-order valence-corrected chi connectivity index (χ3v) is 5.36. The molecule has 1 fully saturated rings. The average Bonchev–Trinajstić information content (AvgIpc) is 3.16. The fourth-order valence-corrected chi connectivity index (χ4v) is 3.73. The number of allylic oxidation sites excluding steroid dienone is 1. The predicted molar refractivity (Wildman–Crippen MR) is 97.3 cm³/mol. The molecule has 1 saturated heterocycles. The molecule has 0 spiro atoms. The number of rotatable bonds is 3. The number of carbonyl (C=O) groups is 1. The number of aromatic hydroxyl groups is 1. The summed E-state index contributed by atoms with van der Waals surface area (Å²) in [6.45, 7) is 6.96. The van der Waals surface area contributed by atoms with Crippen LogP contribution >= 0.6 is 0 Å². The second kappa shape index (κ2) is 6.65. The summed E-state index contributed by atoms with van der Waals surface area (Å²) in [5.74, 6) is 2.88. The number of hydrogen-bond acceptors (Lipinski definition) is 4. The summed E-state index contributed by atoms with van der Waals surface area (Å²) in [7, 11) is 0. The van der Waals surface area contributed by atoms with E-state index in [9.17, 15) is 9.90 Å². The van der Waals surface area contributed by atoms with Crippen LogP contribution in [0.2, 0.25) is 0 Å². The Labute approximate surface area is 152 Å². The fraction of sp³-hybridized carbons (Fsp3) is 0.381. The first kappa shape index (κ1) is 16.9. The topological polar surface area (TPSA) is 64.1 Å². The highest BCUT2D eigenvalue weighted by Crippen LogP contribution is 2.39. The fourth-order valence-electron chi connectivity index (χ4n) is 3.73. The Kier molecular flexibility index (Phi) is 4.32. The Morgan fingerprint density at radius 3 is 2.69 bits per heavy atom. The molecule has 0 amide bonds. The summed E-state index contributed by atoms with van der Waals surface area (Å²) in [6.07, 6.45) is 3.99. The quantitative estimate of drug-likeness (QED) is 0.832. The van der Waals surface area contributed by atoms with Crippen LogP contribution in [0.4, 0.5) is 0 Å². The van der Waals surface area contributed by atoms with Crippen molar-refractivity contribution in [3.8, 4) is 11.5 Å². The van der Waals surface area contributed by atoms with Gasteiger partial charge in [0.25, 0.3) is 0 Å². The number of piperidine rings is 1.